The lowest BCUT2D eigenvalue weighted by Gasteiger charge is -2.10. The fraction of sp³-hybridized carbons (Fsp3) is 0.211. The van der Waals surface area contributed by atoms with Crippen molar-refractivity contribution in [3.8, 4) is 17.2 Å². The summed E-state index contributed by atoms with van der Waals surface area (Å²) >= 11 is 0. The number of fused-ring (bicyclic) bond motifs is 2. The van der Waals surface area contributed by atoms with Crippen molar-refractivity contribution in [2.24, 2.45) is 0 Å². The Balaban J connectivity index is 1.31. The molecule has 6 nitrogen and oxygen atoms in total. The summed E-state index contributed by atoms with van der Waals surface area (Å²) in [5.74, 6) is 2.82. The molecule has 1 aliphatic rings. The SMILES string of the molecule is Nc1ccc2cccc(OCCCNc3ccc4c(c3)OCO4)c2n1. The van der Waals surface area contributed by atoms with Crippen LogP contribution < -0.4 is 25.3 Å². The molecule has 0 radical (unpaired) electrons. The van der Waals surface area contributed by atoms with Crippen molar-refractivity contribution in [2.75, 3.05) is 31.0 Å². The van der Waals surface area contributed by atoms with Gasteiger partial charge in [-0.25, -0.2) is 4.98 Å². The topological polar surface area (TPSA) is 78.6 Å². The lowest BCUT2D eigenvalue weighted by molar-refractivity contribution is 0.174. The highest BCUT2D eigenvalue weighted by molar-refractivity contribution is 5.85. The molecule has 128 valence electrons. The van der Waals surface area contributed by atoms with Crippen LogP contribution in [0.15, 0.2) is 48.5 Å². The number of ether oxygens (including phenoxy) is 3. The van der Waals surface area contributed by atoms with E-state index in [0.717, 1.165) is 46.8 Å². The minimum Gasteiger partial charge on any atom is -0.491 e. The van der Waals surface area contributed by atoms with Crippen LogP contribution in [0, 0.1) is 0 Å². The molecule has 6 heteroatoms. The number of benzene rings is 2. The normalized spacial score (nSPS) is 12.3. The maximum absolute atomic E-state index is 5.88. The highest BCUT2D eigenvalue weighted by Gasteiger charge is 2.12. The zero-order valence-electron chi connectivity index (χ0n) is 13.7. The molecule has 3 aromatic rings. The first kappa shape index (κ1) is 15.4. The van der Waals surface area contributed by atoms with Crippen LogP contribution in [-0.2, 0) is 0 Å². The first-order valence-corrected chi connectivity index (χ1v) is 8.21. The molecule has 0 bridgehead atoms. The second kappa shape index (κ2) is 6.76. The Morgan fingerprint density at radius 3 is 2.96 bits per heavy atom. The van der Waals surface area contributed by atoms with E-state index in [-0.39, 0.29) is 6.79 Å². The van der Waals surface area contributed by atoms with Gasteiger partial charge in [0.1, 0.15) is 17.1 Å². The molecule has 0 unspecified atom stereocenters. The number of nitrogens with one attached hydrogen (secondary N) is 1. The van der Waals surface area contributed by atoms with E-state index in [9.17, 15) is 0 Å². The number of hydrogen-bond donors (Lipinski definition) is 2. The molecule has 0 saturated carbocycles. The van der Waals surface area contributed by atoms with Crippen LogP contribution in [0.3, 0.4) is 0 Å². The summed E-state index contributed by atoms with van der Waals surface area (Å²) in [6.07, 6.45) is 0.854. The van der Waals surface area contributed by atoms with Gasteiger partial charge in [0.25, 0.3) is 0 Å². The highest BCUT2D eigenvalue weighted by Crippen LogP contribution is 2.34. The summed E-state index contributed by atoms with van der Waals surface area (Å²) in [5.41, 5.74) is 7.58. The van der Waals surface area contributed by atoms with Gasteiger partial charge in [0.2, 0.25) is 6.79 Å². The van der Waals surface area contributed by atoms with Gasteiger partial charge in [-0.15, -0.1) is 0 Å². The Morgan fingerprint density at radius 1 is 1.08 bits per heavy atom. The lowest BCUT2D eigenvalue weighted by atomic mass is 10.2. The lowest BCUT2D eigenvalue weighted by Crippen LogP contribution is -2.07. The van der Waals surface area contributed by atoms with Crippen LogP contribution in [0.2, 0.25) is 0 Å². The first-order chi connectivity index (χ1) is 12.3. The molecular weight excluding hydrogens is 318 g/mol. The number of hydrogen-bond acceptors (Lipinski definition) is 6. The molecule has 0 saturated heterocycles. The summed E-state index contributed by atoms with van der Waals surface area (Å²) < 4.78 is 16.6. The minimum atomic E-state index is 0.288. The van der Waals surface area contributed by atoms with E-state index in [2.05, 4.69) is 10.3 Å². The monoisotopic (exact) mass is 337 g/mol. The molecule has 2 heterocycles. The number of nitrogens with zero attached hydrogens (tertiary/aromatic N) is 1. The number of para-hydroxylation sites is 1. The molecule has 3 N–H and O–H groups in total. The summed E-state index contributed by atoms with van der Waals surface area (Å²) in [5, 5.41) is 4.37. The summed E-state index contributed by atoms with van der Waals surface area (Å²) in [6.45, 7) is 1.67. The maximum Gasteiger partial charge on any atom is 0.231 e. The van der Waals surface area contributed by atoms with Crippen molar-refractivity contribution < 1.29 is 14.2 Å². The predicted molar refractivity (Wildman–Crippen MR) is 97.3 cm³/mol. The highest BCUT2D eigenvalue weighted by atomic mass is 16.7. The number of aromatic nitrogens is 1. The average Bonchev–Trinajstić information content (AvgIpc) is 3.09. The number of nitrogens with two attached hydrogens (primary N) is 1. The van der Waals surface area contributed by atoms with E-state index in [1.807, 2.05) is 42.5 Å². The van der Waals surface area contributed by atoms with E-state index in [1.54, 1.807) is 6.07 Å². The minimum absolute atomic E-state index is 0.288. The standard InChI is InChI=1S/C19H19N3O3/c20-18-8-5-13-3-1-4-16(19(13)22-18)23-10-2-9-21-14-6-7-15-17(11-14)25-12-24-15/h1,3-8,11,21H,2,9-10,12H2,(H2,20,22). The molecule has 4 rings (SSSR count). The molecule has 1 aliphatic heterocycles. The van der Waals surface area contributed by atoms with Crippen molar-refractivity contribution in [3.63, 3.8) is 0 Å². The predicted octanol–water partition coefficient (Wildman–Crippen LogP) is 3.43. The number of pyridine rings is 1. The Bertz CT molecular complexity index is 898. The third kappa shape index (κ3) is 3.38. The summed E-state index contributed by atoms with van der Waals surface area (Å²) in [4.78, 5) is 4.37. The fourth-order valence-electron chi connectivity index (χ4n) is 2.74. The second-order valence-corrected chi connectivity index (χ2v) is 5.76. The Hall–Kier alpha value is -3.15. The van der Waals surface area contributed by atoms with Gasteiger partial charge < -0.3 is 25.3 Å². The van der Waals surface area contributed by atoms with Crippen LogP contribution in [0.25, 0.3) is 10.9 Å². The van der Waals surface area contributed by atoms with Gasteiger partial charge in [-0.3, -0.25) is 0 Å². The Labute approximate surface area is 145 Å². The number of anilines is 2. The van der Waals surface area contributed by atoms with E-state index < -0.39 is 0 Å². The van der Waals surface area contributed by atoms with Crippen molar-refractivity contribution in [1.82, 2.24) is 4.98 Å². The van der Waals surface area contributed by atoms with E-state index in [0.29, 0.717) is 12.4 Å². The van der Waals surface area contributed by atoms with Gasteiger partial charge in [0.05, 0.1) is 6.61 Å². The van der Waals surface area contributed by atoms with E-state index >= 15 is 0 Å². The number of nitrogen functional groups attached to an aromatic ring is 1. The van der Waals surface area contributed by atoms with Crippen LogP contribution >= 0.6 is 0 Å². The molecule has 1 aromatic heterocycles. The van der Waals surface area contributed by atoms with E-state index in [4.69, 9.17) is 19.9 Å². The quantitative estimate of drug-likeness (QED) is 0.671. The summed E-state index contributed by atoms with van der Waals surface area (Å²) in [7, 11) is 0. The summed E-state index contributed by atoms with van der Waals surface area (Å²) in [6, 6.07) is 15.4. The molecule has 0 fully saturated rings. The van der Waals surface area contributed by atoms with Crippen LogP contribution in [-0.4, -0.2) is 24.9 Å². The van der Waals surface area contributed by atoms with Crippen molar-refractivity contribution in [2.45, 2.75) is 6.42 Å². The molecule has 2 aromatic carbocycles. The van der Waals surface area contributed by atoms with E-state index in [1.165, 1.54) is 0 Å². The zero-order valence-corrected chi connectivity index (χ0v) is 13.7. The van der Waals surface area contributed by atoms with Gasteiger partial charge in [-0.2, -0.15) is 0 Å². The van der Waals surface area contributed by atoms with Crippen molar-refractivity contribution in [3.05, 3.63) is 48.5 Å². The molecule has 0 atom stereocenters. The first-order valence-electron chi connectivity index (χ1n) is 8.21. The smallest absolute Gasteiger partial charge is 0.231 e. The Kier molecular flexibility index (Phi) is 4.16. The maximum atomic E-state index is 5.88. The zero-order chi connectivity index (χ0) is 17.1. The van der Waals surface area contributed by atoms with Gasteiger partial charge in [0, 0.05) is 23.7 Å². The largest absolute Gasteiger partial charge is 0.491 e. The molecule has 0 amide bonds. The van der Waals surface area contributed by atoms with Gasteiger partial charge >= 0.3 is 0 Å². The van der Waals surface area contributed by atoms with Crippen LogP contribution in [0.1, 0.15) is 6.42 Å². The molecule has 0 spiro atoms. The third-order valence-corrected chi connectivity index (χ3v) is 3.99. The molecule has 25 heavy (non-hydrogen) atoms. The van der Waals surface area contributed by atoms with Crippen molar-refractivity contribution >= 4 is 22.4 Å². The molecule has 0 aliphatic carbocycles. The Morgan fingerprint density at radius 2 is 2.00 bits per heavy atom. The third-order valence-electron chi connectivity index (χ3n) is 3.99. The second-order valence-electron chi connectivity index (χ2n) is 5.76. The van der Waals surface area contributed by atoms with Crippen LogP contribution in [0.5, 0.6) is 17.2 Å². The number of rotatable bonds is 6. The van der Waals surface area contributed by atoms with Crippen molar-refractivity contribution in [1.29, 1.82) is 0 Å². The average molecular weight is 337 g/mol. The molecular formula is C19H19N3O3. The van der Waals surface area contributed by atoms with Crippen LogP contribution in [0.4, 0.5) is 11.5 Å². The fourth-order valence-corrected chi connectivity index (χ4v) is 2.74. The van der Waals surface area contributed by atoms with Gasteiger partial charge in [-0.1, -0.05) is 12.1 Å². The van der Waals surface area contributed by atoms with Gasteiger partial charge in [-0.05, 0) is 36.8 Å². The van der Waals surface area contributed by atoms with Gasteiger partial charge in [0.15, 0.2) is 11.5 Å².